The van der Waals surface area contributed by atoms with E-state index in [0.29, 0.717) is 5.92 Å². The van der Waals surface area contributed by atoms with Gasteiger partial charge in [-0.15, -0.1) is 12.4 Å². The van der Waals surface area contributed by atoms with E-state index in [1.165, 1.54) is 12.1 Å². The van der Waals surface area contributed by atoms with Crippen LogP contribution in [0.25, 0.3) is 0 Å². The average Bonchev–Trinajstić information content (AvgIpc) is 3.35. The van der Waals surface area contributed by atoms with Gasteiger partial charge in [-0.1, -0.05) is 19.1 Å². The Morgan fingerprint density at radius 3 is 2.39 bits per heavy atom. The maximum absolute atomic E-state index is 13.1. The molecular weight excluding hydrogens is 315 g/mol. The van der Waals surface area contributed by atoms with Crippen LogP contribution in [0.3, 0.4) is 0 Å². The van der Waals surface area contributed by atoms with Crippen LogP contribution in [0.1, 0.15) is 38.2 Å². The highest BCUT2D eigenvalue weighted by molar-refractivity contribution is 5.91. The molecule has 1 saturated heterocycles. The van der Waals surface area contributed by atoms with Crippen molar-refractivity contribution in [2.45, 2.75) is 38.0 Å². The minimum absolute atomic E-state index is 0. The van der Waals surface area contributed by atoms with E-state index in [2.05, 4.69) is 12.2 Å². The van der Waals surface area contributed by atoms with Crippen LogP contribution in [-0.4, -0.2) is 37.0 Å². The third kappa shape index (κ3) is 3.86. The van der Waals surface area contributed by atoms with Gasteiger partial charge in [-0.2, -0.15) is 0 Å². The minimum atomic E-state index is -0.359. The van der Waals surface area contributed by atoms with Gasteiger partial charge in [0.05, 0.1) is 5.41 Å². The third-order valence-electron chi connectivity index (χ3n) is 5.14. The Hall–Kier alpha value is -1.13. The maximum atomic E-state index is 13.1. The molecule has 1 aromatic carbocycles. The molecule has 0 aromatic heterocycles. The van der Waals surface area contributed by atoms with Crippen molar-refractivity contribution in [1.82, 2.24) is 10.2 Å². The molecule has 1 aromatic rings. The van der Waals surface area contributed by atoms with Crippen LogP contribution >= 0.6 is 12.4 Å². The zero-order valence-corrected chi connectivity index (χ0v) is 14.5. The summed E-state index contributed by atoms with van der Waals surface area (Å²) >= 11 is 0. The number of likely N-dealkylation sites (tertiary alicyclic amines) is 1. The Labute approximate surface area is 144 Å². The van der Waals surface area contributed by atoms with E-state index in [9.17, 15) is 9.18 Å². The number of amides is 1. The Balaban J connectivity index is 0.00000192. The van der Waals surface area contributed by atoms with Crippen LogP contribution in [0.2, 0.25) is 0 Å². The van der Waals surface area contributed by atoms with E-state index in [1.807, 2.05) is 4.90 Å². The number of hydrogen-bond acceptors (Lipinski definition) is 2. The lowest BCUT2D eigenvalue weighted by Crippen LogP contribution is -2.45. The molecule has 128 valence electrons. The highest BCUT2D eigenvalue weighted by Gasteiger charge is 2.53. The largest absolute Gasteiger partial charge is 0.342 e. The second-order valence-electron chi connectivity index (χ2n) is 6.63. The van der Waals surface area contributed by atoms with Gasteiger partial charge >= 0.3 is 0 Å². The standard InChI is InChI=1S/C18H25FN2O.ClH/c1-2-20-13-14-7-11-21(12-8-14)17(22)18(9-10-18)15-3-5-16(19)6-4-15;/h3-6,14,20H,2,7-13H2,1H3;1H. The molecule has 5 heteroatoms. The predicted molar refractivity (Wildman–Crippen MR) is 92.4 cm³/mol. The topological polar surface area (TPSA) is 32.3 Å². The van der Waals surface area contributed by atoms with Gasteiger partial charge in [-0.05, 0) is 62.4 Å². The first-order valence-electron chi connectivity index (χ1n) is 8.42. The number of piperidine rings is 1. The minimum Gasteiger partial charge on any atom is -0.342 e. The van der Waals surface area contributed by atoms with Crippen LogP contribution < -0.4 is 5.32 Å². The Bertz CT molecular complexity index is 522. The lowest BCUT2D eigenvalue weighted by molar-refractivity contribution is -0.135. The van der Waals surface area contributed by atoms with Crippen molar-refractivity contribution in [1.29, 1.82) is 0 Å². The monoisotopic (exact) mass is 340 g/mol. The van der Waals surface area contributed by atoms with E-state index >= 15 is 0 Å². The number of nitrogens with zero attached hydrogens (tertiary/aromatic N) is 1. The molecule has 1 aliphatic heterocycles. The number of rotatable bonds is 5. The molecule has 1 heterocycles. The number of carbonyl (C=O) groups is 1. The van der Waals surface area contributed by atoms with E-state index < -0.39 is 0 Å². The van der Waals surface area contributed by atoms with Crippen LogP contribution in [0.5, 0.6) is 0 Å². The molecule has 1 saturated carbocycles. The van der Waals surface area contributed by atoms with Gasteiger partial charge in [-0.25, -0.2) is 4.39 Å². The normalized spacial score (nSPS) is 20.0. The molecule has 0 radical (unpaired) electrons. The Morgan fingerprint density at radius 1 is 1.26 bits per heavy atom. The van der Waals surface area contributed by atoms with E-state index in [-0.39, 0.29) is 29.5 Å². The van der Waals surface area contributed by atoms with Crippen molar-refractivity contribution < 1.29 is 9.18 Å². The smallest absolute Gasteiger partial charge is 0.233 e. The summed E-state index contributed by atoms with van der Waals surface area (Å²) < 4.78 is 13.1. The molecular formula is C18H26ClFN2O. The van der Waals surface area contributed by atoms with Crippen LogP contribution in [0.15, 0.2) is 24.3 Å². The average molecular weight is 341 g/mol. The number of halogens is 2. The summed E-state index contributed by atoms with van der Waals surface area (Å²) in [5.41, 5.74) is 0.621. The van der Waals surface area contributed by atoms with Crippen LogP contribution in [-0.2, 0) is 10.2 Å². The highest BCUT2D eigenvalue weighted by atomic mass is 35.5. The Morgan fingerprint density at radius 2 is 1.87 bits per heavy atom. The van der Waals surface area contributed by atoms with Gasteiger partial charge < -0.3 is 10.2 Å². The molecule has 0 spiro atoms. The van der Waals surface area contributed by atoms with Gasteiger partial charge in [0, 0.05) is 13.1 Å². The fourth-order valence-corrected chi connectivity index (χ4v) is 3.51. The third-order valence-corrected chi connectivity index (χ3v) is 5.14. The summed E-state index contributed by atoms with van der Waals surface area (Å²) in [6, 6.07) is 6.48. The number of carbonyl (C=O) groups excluding carboxylic acids is 1. The summed E-state index contributed by atoms with van der Waals surface area (Å²) in [6.45, 7) is 5.91. The first-order valence-corrected chi connectivity index (χ1v) is 8.42. The molecule has 23 heavy (non-hydrogen) atoms. The predicted octanol–water partition coefficient (Wildman–Crippen LogP) is 3.13. The van der Waals surface area contributed by atoms with Crippen molar-refractivity contribution >= 4 is 18.3 Å². The lowest BCUT2D eigenvalue weighted by atomic mass is 9.91. The summed E-state index contributed by atoms with van der Waals surface area (Å²) in [4.78, 5) is 14.9. The molecule has 3 nitrogen and oxygen atoms in total. The van der Waals surface area contributed by atoms with Gasteiger partial charge in [-0.3, -0.25) is 4.79 Å². The van der Waals surface area contributed by atoms with Crippen molar-refractivity contribution in [2.75, 3.05) is 26.2 Å². The molecule has 1 aliphatic carbocycles. The van der Waals surface area contributed by atoms with Crippen LogP contribution in [0, 0.1) is 11.7 Å². The van der Waals surface area contributed by atoms with Crippen molar-refractivity contribution in [2.24, 2.45) is 5.92 Å². The molecule has 0 atom stereocenters. The summed E-state index contributed by atoms with van der Waals surface area (Å²) in [5.74, 6) is 0.697. The van der Waals surface area contributed by atoms with Crippen LogP contribution in [0.4, 0.5) is 4.39 Å². The molecule has 2 aliphatic rings. The molecule has 1 N–H and O–H groups in total. The zero-order valence-electron chi connectivity index (χ0n) is 13.7. The van der Waals surface area contributed by atoms with Gasteiger partial charge in [0.25, 0.3) is 0 Å². The molecule has 1 amide bonds. The van der Waals surface area contributed by atoms with Gasteiger partial charge in [0.15, 0.2) is 0 Å². The first kappa shape index (κ1) is 18.2. The maximum Gasteiger partial charge on any atom is 0.233 e. The van der Waals surface area contributed by atoms with E-state index in [4.69, 9.17) is 0 Å². The summed E-state index contributed by atoms with van der Waals surface area (Å²) in [7, 11) is 0. The SMILES string of the molecule is CCNCC1CCN(C(=O)C2(c3ccc(F)cc3)CC2)CC1.Cl. The number of benzene rings is 1. The van der Waals surface area contributed by atoms with Gasteiger partial charge in [0.1, 0.15) is 5.82 Å². The first-order chi connectivity index (χ1) is 10.7. The fourth-order valence-electron chi connectivity index (χ4n) is 3.51. The summed E-state index contributed by atoms with van der Waals surface area (Å²) in [6.07, 6.45) is 3.96. The Kier molecular flexibility index (Phi) is 6.04. The zero-order chi connectivity index (χ0) is 15.6. The van der Waals surface area contributed by atoms with Gasteiger partial charge in [0.2, 0.25) is 5.91 Å². The number of nitrogens with one attached hydrogen (secondary N) is 1. The highest BCUT2D eigenvalue weighted by Crippen LogP contribution is 2.50. The number of hydrogen-bond donors (Lipinski definition) is 1. The van der Waals surface area contributed by atoms with Crippen molar-refractivity contribution in [3.05, 3.63) is 35.6 Å². The van der Waals surface area contributed by atoms with Crippen molar-refractivity contribution in [3.63, 3.8) is 0 Å². The van der Waals surface area contributed by atoms with E-state index in [0.717, 1.165) is 57.4 Å². The van der Waals surface area contributed by atoms with Crippen molar-refractivity contribution in [3.8, 4) is 0 Å². The molecule has 3 rings (SSSR count). The molecule has 0 unspecified atom stereocenters. The summed E-state index contributed by atoms with van der Waals surface area (Å²) in [5, 5.41) is 3.40. The lowest BCUT2D eigenvalue weighted by Gasteiger charge is -2.34. The molecule has 2 fully saturated rings. The molecule has 0 bridgehead atoms. The fraction of sp³-hybridized carbons (Fsp3) is 0.611. The quantitative estimate of drug-likeness (QED) is 0.893. The second-order valence-corrected chi connectivity index (χ2v) is 6.63. The van der Waals surface area contributed by atoms with E-state index in [1.54, 1.807) is 12.1 Å². The second kappa shape index (κ2) is 7.63.